The summed E-state index contributed by atoms with van der Waals surface area (Å²) in [6, 6.07) is 0.102. The molecule has 0 radical (unpaired) electrons. The van der Waals surface area contributed by atoms with E-state index in [-0.39, 0.29) is 6.04 Å². The van der Waals surface area contributed by atoms with Gasteiger partial charge in [0.1, 0.15) is 0 Å². The van der Waals surface area contributed by atoms with E-state index in [2.05, 4.69) is 5.92 Å². The van der Waals surface area contributed by atoms with E-state index >= 15 is 0 Å². The fourth-order valence-corrected chi connectivity index (χ4v) is 3.20. The van der Waals surface area contributed by atoms with Gasteiger partial charge in [0.15, 0.2) is 0 Å². The Morgan fingerprint density at radius 1 is 1.55 bits per heavy atom. The van der Waals surface area contributed by atoms with Gasteiger partial charge in [-0.05, 0) is 29.4 Å². The van der Waals surface area contributed by atoms with Gasteiger partial charge in [0, 0.05) is 21.1 Å². The lowest BCUT2D eigenvalue weighted by atomic mass is 10.3. The average molecular weight is 206 g/mol. The largest absolute Gasteiger partial charge is 0.233 e. The first-order chi connectivity index (χ1) is 5.00. The highest BCUT2D eigenvalue weighted by molar-refractivity contribution is 8.54. The van der Waals surface area contributed by atoms with Crippen LogP contribution in [-0.2, 0) is 29.9 Å². The van der Waals surface area contributed by atoms with Crippen LogP contribution in [0.3, 0.4) is 0 Å². The Labute approximate surface area is 77.6 Å². The van der Waals surface area contributed by atoms with Crippen LogP contribution in [0.4, 0.5) is 0 Å². The lowest BCUT2D eigenvalue weighted by Gasteiger charge is -2.18. The van der Waals surface area contributed by atoms with E-state index in [1.807, 2.05) is 22.7 Å². The lowest BCUT2D eigenvalue weighted by molar-refractivity contribution is 0.483. The van der Waals surface area contributed by atoms with Gasteiger partial charge in [0.05, 0.1) is 6.04 Å². The van der Waals surface area contributed by atoms with Gasteiger partial charge in [-0.25, -0.2) is 8.61 Å². The normalized spacial score (nSPS) is 31.9. The smallest absolute Gasteiger partial charge is 0.0957 e. The van der Waals surface area contributed by atoms with Crippen LogP contribution < -0.4 is 0 Å². The maximum atomic E-state index is 5.31. The zero-order chi connectivity index (χ0) is 8.65. The van der Waals surface area contributed by atoms with Crippen molar-refractivity contribution in [1.29, 1.82) is 0 Å². The van der Waals surface area contributed by atoms with Crippen molar-refractivity contribution in [2.75, 3.05) is 20.6 Å². The molecule has 62 valence electrons. The number of hydrogen-bond donors (Lipinski definition) is 0. The summed E-state index contributed by atoms with van der Waals surface area (Å²) < 4.78 is 3.93. The summed E-state index contributed by atoms with van der Waals surface area (Å²) in [7, 11) is 2.27. The molecule has 11 heavy (non-hydrogen) atoms. The molecule has 0 aromatic carbocycles. The monoisotopic (exact) mass is 206 g/mol. The number of terminal acetylenes is 1. The van der Waals surface area contributed by atoms with Crippen molar-refractivity contribution in [3.8, 4) is 12.3 Å². The zero-order valence-electron chi connectivity index (χ0n) is 6.48. The molecule has 1 rings (SSSR count). The van der Waals surface area contributed by atoms with Crippen LogP contribution in [0, 0.1) is 12.3 Å². The van der Waals surface area contributed by atoms with Crippen molar-refractivity contribution >= 4 is 29.9 Å². The second-order valence-corrected chi connectivity index (χ2v) is 8.00. The molecule has 1 heterocycles. The molecule has 1 aliphatic heterocycles. The van der Waals surface area contributed by atoms with E-state index in [1.165, 1.54) is 0 Å². The number of rotatable bonds is 0. The van der Waals surface area contributed by atoms with Gasteiger partial charge in [-0.15, -0.1) is 6.42 Å². The third-order valence-corrected chi connectivity index (χ3v) is 6.68. The fraction of sp³-hybridized carbons (Fsp3) is 0.667. The molecule has 1 saturated heterocycles. The van der Waals surface area contributed by atoms with E-state index in [0.717, 1.165) is 6.54 Å². The Morgan fingerprint density at radius 2 is 2.09 bits per heavy atom. The topological polar surface area (TPSA) is 6.48 Å². The van der Waals surface area contributed by atoms with Gasteiger partial charge in [-0.2, -0.15) is 0 Å². The molecule has 0 aromatic heterocycles. The number of hydrogen-bond acceptors (Lipinski definition) is 2. The molecule has 0 aromatic rings. The van der Waals surface area contributed by atoms with Gasteiger partial charge in [0.2, 0.25) is 0 Å². The SMILES string of the molecule is C#CC1CN(C)S(=S)(=S)N1C. The average Bonchev–Trinajstić information content (AvgIpc) is 2.14. The van der Waals surface area contributed by atoms with E-state index in [9.17, 15) is 0 Å². The van der Waals surface area contributed by atoms with Gasteiger partial charge in [-0.1, -0.05) is 5.92 Å². The molecule has 0 N–H and O–H groups in total. The molecule has 1 aliphatic rings. The molecule has 0 spiro atoms. The molecule has 1 fully saturated rings. The molecule has 1 atom stereocenters. The summed E-state index contributed by atoms with van der Waals surface area (Å²) in [5, 5.41) is 0. The molecule has 2 nitrogen and oxygen atoms in total. The van der Waals surface area contributed by atoms with E-state index in [0.29, 0.717) is 0 Å². The quantitative estimate of drug-likeness (QED) is 0.505. The summed E-state index contributed by atoms with van der Waals surface area (Å²) in [6.45, 7) is 0.801. The van der Waals surface area contributed by atoms with Crippen molar-refractivity contribution < 1.29 is 0 Å². The first-order valence-electron chi connectivity index (χ1n) is 3.15. The second kappa shape index (κ2) is 2.96. The van der Waals surface area contributed by atoms with Crippen LogP contribution >= 0.6 is 0 Å². The molecule has 0 saturated carbocycles. The van der Waals surface area contributed by atoms with Crippen molar-refractivity contribution in [2.24, 2.45) is 0 Å². The second-order valence-electron chi connectivity index (χ2n) is 2.49. The number of nitrogens with zero attached hydrogens (tertiary/aromatic N) is 2. The Bertz CT molecular complexity index is 287. The van der Waals surface area contributed by atoms with Crippen LogP contribution in [0.25, 0.3) is 0 Å². The highest BCUT2D eigenvalue weighted by atomic mass is 33.1. The van der Waals surface area contributed by atoms with Crippen molar-refractivity contribution in [2.45, 2.75) is 6.04 Å². The molecular formula is C6H10N2S3. The minimum atomic E-state index is -1.57. The molecule has 0 amide bonds. The van der Waals surface area contributed by atoms with Crippen LogP contribution in [-0.4, -0.2) is 35.3 Å². The van der Waals surface area contributed by atoms with E-state index in [4.69, 9.17) is 28.8 Å². The minimum Gasteiger partial charge on any atom is -0.233 e. The van der Waals surface area contributed by atoms with Crippen LogP contribution in [0.2, 0.25) is 0 Å². The summed E-state index contributed by atoms with van der Waals surface area (Å²) in [6.07, 6.45) is 5.31. The maximum Gasteiger partial charge on any atom is 0.0957 e. The molecular weight excluding hydrogens is 196 g/mol. The van der Waals surface area contributed by atoms with Gasteiger partial charge in [-0.3, -0.25) is 0 Å². The Hall–Kier alpha value is 0.270. The maximum absolute atomic E-state index is 5.31. The third kappa shape index (κ3) is 1.42. The predicted octanol–water partition coefficient (Wildman–Crippen LogP) is -0.227. The lowest BCUT2D eigenvalue weighted by Crippen LogP contribution is -2.28. The van der Waals surface area contributed by atoms with Crippen LogP contribution in [0.15, 0.2) is 0 Å². The standard InChI is InChI=1S/C6H10N2S3/c1-4-6-5-7(2)11(9,10)8(6)3/h1,6H,5H2,2-3H3. The summed E-state index contributed by atoms with van der Waals surface area (Å²) in [4.78, 5) is 0. The molecule has 0 bridgehead atoms. The van der Waals surface area contributed by atoms with Crippen molar-refractivity contribution in [1.82, 2.24) is 8.61 Å². The van der Waals surface area contributed by atoms with Crippen molar-refractivity contribution in [3.05, 3.63) is 0 Å². The van der Waals surface area contributed by atoms with Gasteiger partial charge >= 0.3 is 0 Å². The zero-order valence-corrected chi connectivity index (χ0v) is 8.93. The molecule has 1 unspecified atom stereocenters. The molecule has 0 aliphatic carbocycles. The van der Waals surface area contributed by atoms with Crippen LogP contribution in [0.5, 0.6) is 0 Å². The summed E-state index contributed by atoms with van der Waals surface area (Å²) >= 11 is 10.5. The minimum absolute atomic E-state index is 0.102. The Morgan fingerprint density at radius 3 is 2.27 bits per heavy atom. The Balaban J connectivity index is 3.01. The molecule has 5 heteroatoms. The summed E-state index contributed by atoms with van der Waals surface area (Å²) in [5.74, 6) is 2.67. The van der Waals surface area contributed by atoms with Gasteiger partial charge in [0.25, 0.3) is 0 Å². The van der Waals surface area contributed by atoms with E-state index in [1.54, 1.807) is 0 Å². The predicted molar refractivity (Wildman–Crippen MR) is 55.1 cm³/mol. The number of likely N-dealkylation sites (N-methyl/N-ethyl adjacent to an activating group) is 2. The highest BCUT2D eigenvalue weighted by Gasteiger charge is 2.31. The first kappa shape index (κ1) is 9.36. The Kier molecular flexibility index (Phi) is 2.52. The fourth-order valence-electron chi connectivity index (χ4n) is 0.991. The summed E-state index contributed by atoms with van der Waals surface area (Å²) in [5.41, 5.74) is 0. The first-order valence-corrected chi connectivity index (χ1v) is 6.55. The van der Waals surface area contributed by atoms with Crippen molar-refractivity contribution in [3.63, 3.8) is 0 Å². The third-order valence-electron chi connectivity index (χ3n) is 1.82. The van der Waals surface area contributed by atoms with Crippen LogP contribution in [0.1, 0.15) is 0 Å². The highest BCUT2D eigenvalue weighted by Crippen LogP contribution is 2.18. The van der Waals surface area contributed by atoms with E-state index < -0.39 is 7.52 Å². The van der Waals surface area contributed by atoms with Gasteiger partial charge < -0.3 is 0 Å².